The van der Waals surface area contributed by atoms with Crippen LogP contribution in [0.5, 0.6) is 0 Å². The average molecular weight is 407 g/mol. The van der Waals surface area contributed by atoms with Gasteiger partial charge in [0.1, 0.15) is 6.61 Å². The van der Waals surface area contributed by atoms with Crippen LogP contribution >= 0.6 is 0 Å². The van der Waals surface area contributed by atoms with Gasteiger partial charge < -0.3 is 17.7 Å². The fraction of sp³-hybridized carbons (Fsp3) is 0.889. The van der Waals surface area contributed by atoms with Gasteiger partial charge in [0.2, 0.25) is 0 Å². The molecule has 0 bridgehead atoms. The van der Waals surface area contributed by atoms with Gasteiger partial charge in [0, 0.05) is 6.61 Å². The van der Waals surface area contributed by atoms with Gasteiger partial charge in [-0.1, -0.05) is 25.8 Å². The monoisotopic (exact) mass is 406 g/mol. The molecule has 0 heterocycles. The molecule has 7 heteroatoms. The quantitative estimate of drug-likeness (QED) is 0.193. The Morgan fingerprint density at radius 2 is 1.32 bits per heavy atom. The SMILES string of the molecule is CC=COCCOCCC[Si](C)(C)O[Si](C)(C)O[Si](C)(C)CCCC. The summed E-state index contributed by atoms with van der Waals surface area (Å²) < 4.78 is 24.1. The molecule has 0 atom stereocenters. The van der Waals surface area contributed by atoms with Crippen LogP contribution in [0.1, 0.15) is 33.1 Å². The van der Waals surface area contributed by atoms with E-state index in [4.69, 9.17) is 17.7 Å². The summed E-state index contributed by atoms with van der Waals surface area (Å²) in [5, 5.41) is 0. The van der Waals surface area contributed by atoms with Crippen molar-refractivity contribution < 1.29 is 17.7 Å². The van der Waals surface area contributed by atoms with Crippen LogP contribution in [-0.4, -0.2) is 45.0 Å². The molecule has 0 aromatic heterocycles. The molecule has 150 valence electrons. The summed E-state index contributed by atoms with van der Waals surface area (Å²) in [4.78, 5) is 0. The van der Waals surface area contributed by atoms with Crippen LogP contribution in [0.4, 0.5) is 0 Å². The lowest BCUT2D eigenvalue weighted by Gasteiger charge is -2.38. The smallest absolute Gasteiger partial charge is 0.311 e. The maximum absolute atomic E-state index is 6.60. The highest BCUT2D eigenvalue weighted by atomic mass is 28.5. The Morgan fingerprint density at radius 1 is 0.760 bits per heavy atom. The summed E-state index contributed by atoms with van der Waals surface area (Å²) in [5.41, 5.74) is 0. The lowest BCUT2D eigenvalue weighted by atomic mass is 10.4. The molecule has 0 aromatic rings. The number of allylic oxidation sites excluding steroid dienone is 1. The summed E-state index contributed by atoms with van der Waals surface area (Å²) in [7, 11) is -5.38. The molecule has 0 aliphatic rings. The molecule has 0 aromatic carbocycles. The topological polar surface area (TPSA) is 36.9 Å². The van der Waals surface area contributed by atoms with Crippen molar-refractivity contribution in [3.63, 3.8) is 0 Å². The molecular formula is C18H42O4Si3. The molecule has 0 fully saturated rings. The minimum absolute atomic E-state index is 0.618. The van der Waals surface area contributed by atoms with Gasteiger partial charge in [0.25, 0.3) is 0 Å². The normalized spacial score (nSPS) is 13.6. The summed E-state index contributed by atoms with van der Waals surface area (Å²) in [6, 6.07) is 2.34. The van der Waals surface area contributed by atoms with Crippen molar-refractivity contribution >= 4 is 25.2 Å². The van der Waals surface area contributed by atoms with Crippen molar-refractivity contribution in [2.45, 2.75) is 84.5 Å². The van der Waals surface area contributed by atoms with Gasteiger partial charge in [0.05, 0.1) is 12.9 Å². The molecule has 0 saturated heterocycles. The van der Waals surface area contributed by atoms with E-state index in [2.05, 4.69) is 46.2 Å². The minimum Gasteiger partial charge on any atom is -0.499 e. The van der Waals surface area contributed by atoms with Crippen molar-refractivity contribution in [3.8, 4) is 0 Å². The molecule has 4 nitrogen and oxygen atoms in total. The number of unbranched alkanes of at least 4 members (excludes halogenated alkanes) is 1. The van der Waals surface area contributed by atoms with Crippen LogP contribution in [0, 0.1) is 0 Å². The van der Waals surface area contributed by atoms with Crippen molar-refractivity contribution in [2.75, 3.05) is 19.8 Å². The molecular weight excluding hydrogens is 364 g/mol. The van der Waals surface area contributed by atoms with Gasteiger partial charge in [-0.2, -0.15) is 0 Å². The van der Waals surface area contributed by atoms with Crippen LogP contribution in [0.25, 0.3) is 0 Å². The van der Waals surface area contributed by atoms with Crippen molar-refractivity contribution in [3.05, 3.63) is 12.3 Å². The van der Waals surface area contributed by atoms with Crippen molar-refractivity contribution in [2.24, 2.45) is 0 Å². The summed E-state index contributed by atoms with van der Waals surface area (Å²) in [6.07, 6.45) is 7.13. The molecule has 0 rings (SSSR count). The van der Waals surface area contributed by atoms with E-state index in [0.717, 1.165) is 19.1 Å². The molecule has 25 heavy (non-hydrogen) atoms. The third-order valence-corrected chi connectivity index (χ3v) is 15.3. The Labute approximate surface area is 159 Å². The predicted molar refractivity (Wildman–Crippen MR) is 115 cm³/mol. The van der Waals surface area contributed by atoms with Crippen LogP contribution < -0.4 is 0 Å². The Bertz CT molecular complexity index is 371. The molecule has 0 N–H and O–H groups in total. The standard InChI is InChI=1S/C18H42O4Si3/c1-9-11-17-23(3,4)21-25(7,8)22-24(5,6)18-12-14-20-16-15-19-13-10-2/h10,13H,9,11-12,14-18H2,1-8H3. The largest absolute Gasteiger partial charge is 0.499 e. The first-order valence-electron chi connectivity index (χ1n) is 9.74. The second kappa shape index (κ2) is 12.5. The zero-order chi connectivity index (χ0) is 19.4. The summed E-state index contributed by atoms with van der Waals surface area (Å²) in [5.74, 6) is 0. The highest BCUT2D eigenvalue weighted by molar-refractivity contribution is 6.87. The highest BCUT2D eigenvalue weighted by Crippen LogP contribution is 2.26. The van der Waals surface area contributed by atoms with Gasteiger partial charge in [0.15, 0.2) is 16.6 Å². The maximum atomic E-state index is 6.60. The predicted octanol–water partition coefficient (Wildman–Crippen LogP) is 5.89. The van der Waals surface area contributed by atoms with Crippen molar-refractivity contribution in [1.82, 2.24) is 0 Å². The first kappa shape index (κ1) is 25.1. The second-order valence-corrected chi connectivity index (χ2v) is 20.8. The first-order chi connectivity index (χ1) is 11.5. The van der Waals surface area contributed by atoms with Gasteiger partial charge in [-0.3, -0.25) is 0 Å². The molecule has 0 aliphatic carbocycles. The van der Waals surface area contributed by atoms with E-state index in [1.54, 1.807) is 6.26 Å². The van der Waals surface area contributed by atoms with E-state index < -0.39 is 25.2 Å². The van der Waals surface area contributed by atoms with E-state index in [9.17, 15) is 0 Å². The second-order valence-electron chi connectivity index (χ2n) is 8.28. The molecule has 0 amide bonds. The average Bonchev–Trinajstić information content (AvgIpc) is 2.45. The zero-order valence-corrected chi connectivity index (χ0v) is 20.9. The van der Waals surface area contributed by atoms with Gasteiger partial charge in [-0.25, -0.2) is 0 Å². The minimum atomic E-state index is -2.06. The number of hydrogen-bond donors (Lipinski definition) is 0. The molecule has 0 spiro atoms. The van der Waals surface area contributed by atoms with Gasteiger partial charge >= 0.3 is 8.56 Å². The van der Waals surface area contributed by atoms with Gasteiger partial charge in [-0.15, -0.1) is 0 Å². The molecule has 0 saturated carbocycles. The fourth-order valence-electron chi connectivity index (χ4n) is 3.03. The lowest BCUT2D eigenvalue weighted by Crippen LogP contribution is -2.52. The van der Waals surface area contributed by atoms with Crippen LogP contribution in [0.3, 0.4) is 0 Å². The van der Waals surface area contributed by atoms with E-state index in [1.165, 1.54) is 18.9 Å². The number of rotatable bonds is 15. The first-order valence-corrected chi connectivity index (χ1v) is 18.8. The van der Waals surface area contributed by atoms with E-state index in [1.807, 2.05) is 13.0 Å². The summed E-state index contributed by atoms with van der Waals surface area (Å²) >= 11 is 0. The number of ether oxygens (including phenoxy) is 2. The van der Waals surface area contributed by atoms with Crippen LogP contribution in [-0.2, 0) is 17.7 Å². The maximum Gasteiger partial charge on any atom is 0.311 e. The van der Waals surface area contributed by atoms with Crippen LogP contribution in [0.15, 0.2) is 12.3 Å². The Morgan fingerprint density at radius 3 is 1.84 bits per heavy atom. The summed E-state index contributed by atoms with van der Waals surface area (Å²) in [6.45, 7) is 19.9. The molecule has 0 radical (unpaired) electrons. The van der Waals surface area contributed by atoms with Crippen LogP contribution in [0.2, 0.25) is 51.4 Å². The Hall–Kier alpha value is 0.0706. The third kappa shape index (κ3) is 14.9. The van der Waals surface area contributed by atoms with E-state index in [-0.39, 0.29) is 0 Å². The molecule has 0 aliphatic heterocycles. The van der Waals surface area contributed by atoms with E-state index >= 15 is 0 Å². The van der Waals surface area contributed by atoms with E-state index in [0.29, 0.717) is 13.2 Å². The van der Waals surface area contributed by atoms with Crippen molar-refractivity contribution in [1.29, 1.82) is 0 Å². The fourth-order valence-corrected chi connectivity index (χ4v) is 17.2. The highest BCUT2D eigenvalue weighted by Gasteiger charge is 2.39. The third-order valence-electron chi connectivity index (χ3n) is 3.82. The molecule has 0 unspecified atom stereocenters. The lowest BCUT2D eigenvalue weighted by molar-refractivity contribution is 0.0848. The Kier molecular flexibility index (Phi) is 12.5. The van der Waals surface area contributed by atoms with Gasteiger partial charge in [-0.05, 0) is 64.7 Å². The Balaban J connectivity index is 4.13. The zero-order valence-electron chi connectivity index (χ0n) is 17.9. The number of hydrogen-bond acceptors (Lipinski definition) is 4.